The number of likely N-dealkylation sites (tertiary alicyclic amines) is 1. The quantitative estimate of drug-likeness (QED) is 0.794. The molecule has 1 aromatic heterocycles. The van der Waals surface area contributed by atoms with Crippen molar-refractivity contribution in [3.63, 3.8) is 0 Å². The number of hydrogen-bond acceptors (Lipinski definition) is 4. The molecule has 24 heavy (non-hydrogen) atoms. The van der Waals surface area contributed by atoms with Gasteiger partial charge in [0.1, 0.15) is 0 Å². The van der Waals surface area contributed by atoms with Gasteiger partial charge in [0, 0.05) is 31.4 Å². The Morgan fingerprint density at radius 2 is 2.04 bits per heavy atom. The van der Waals surface area contributed by atoms with Gasteiger partial charge in [-0.15, -0.1) is 23.1 Å². The topological polar surface area (TPSA) is 60.9 Å². The molecule has 1 N–H and O–H groups in total. The highest BCUT2D eigenvalue weighted by atomic mass is 32.2. The first kappa shape index (κ1) is 18.9. The SMILES string of the molecule is O=C(O)N(CCSc1cccs1)C1CCN(C(=O)C(F)(F)F)CC1. The van der Waals surface area contributed by atoms with Crippen LogP contribution in [0.25, 0.3) is 0 Å². The number of hydrogen-bond donors (Lipinski definition) is 1. The lowest BCUT2D eigenvalue weighted by Gasteiger charge is -2.37. The van der Waals surface area contributed by atoms with Crippen molar-refractivity contribution in [3.8, 4) is 0 Å². The van der Waals surface area contributed by atoms with Gasteiger partial charge < -0.3 is 14.9 Å². The summed E-state index contributed by atoms with van der Waals surface area (Å²) in [5.41, 5.74) is 0. The van der Waals surface area contributed by atoms with Crippen LogP contribution in [-0.4, -0.2) is 64.5 Å². The van der Waals surface area contributed by atoms with Gasteiger partial charge in [0.25, 0.3) is 0 Å². The molecule has 1 aliphatic rings. The number of rotatable bonds is 5. The monoisotopic (exact) mass is 382 g/mol. The van der Waals surface area contributed by atoms with E-state index in [4.69, 9.17) is 0 Å². The molecule has 0 aromatic carbocycles. The molecular weight excluding hydrogens is 365 g/mol. The molecule has 2 amide bonds. The van der Waals surface area contributed by atoms with Crippen molar-refractivity contribution in [1.82, 2.24) is 9.80 Å². The highest BCUT2D eigenvalue weighted by molar-refractivity contribution is 8.01. The maximum atomic E-state index is 12.4. The number of piperidine rings is 1. The molecule has 2 heterocycles. The highest BCUT2D eigenvalue weighted by Crippen LogP contribution is 2.26. The van der Waals surface area contributed by atoms with Crippen LogP contribution in [0.2, 0.25) is 0 Å². The number of carbonyl (C=O) groups excluding carboxylic acids is 1. The summed E-state index contributed by atoms with van der Waals surface area (Å²) in [6.45, 7) is 0.144. The van der Waals surface area contributed by atoms with Crippen molar-refractivity contribution >= 4 is 35.1 Å². The van der Waals surface area contributed by atoms with Crippen LogP contribution in [0.15, 0.2) is 21.7 Å². The van der Waals surface area contributed by atoms with E-state index < -0.39 is 18.2 Å². The molecule has 0 saturated carbocycles. The fraction of sp³-hybridized carbons (Fsp3) is 0.571. The number of nitrogens with zero attached hydrogens (tertiary/aromatic N) is 2. The van der Waals surface area contributed by atoms with Crippen molar-refractivity contribution in [2.24, 2.45) is 0 Å². The highest BCUT2D eigenvalue weighted by Gasteiger charge is 2.43. The van der Waals surface area contributed by atoms with Crippen molar-refractivity contribution in [2.45, 2.75) is 29.3 Å². The number of carboxylic acid groups (broad SMARTS) is 1. The zero-order valence-electron chi connectivity index (χ0n) is 12.7. The third-order valence-electron chi connectivity index (χ3n) is 3.75. The Balaban J connectivity index is 1.84. The molecule has 10 heteroatoms. The van der Waals surface area contributed by atoms with Crippen molar-refractivity contribution < 1.29 is 27.9 Å². The minimum Gasteiger partial charge on any atom is -0.465 e. The van der Waals surface area contributed by atoms with Crippen LogP contribution in [0.4, 0.5) is 18.0 Å². The Hall–Kier alpha value is -1.42. The summed E-state index contributed by atoms with van der Waals surface area (Å²) in [4.78, 5) is 24.6. The summed E-state index contributed by atoms with van der Waals surface area (Å²) in [6, 6.07) is 3.50. The van der Waals surface area contributed by atoms with Crippen LogP contribution < -0.4 is 0 Å². The van der Waals surface area contributed by atoms with Crippen LogP contribution in [0.3, 0.4) is 0 Å². The number of thioether (sulfide) groups is 1. The summed E-state index contributed by atoms with van der Waals surface area (Å²) in [5, 5.41) is 11.3. The van der Waals surface area contributed by atoms with E-state index in [9.17, 15) is 27.9 Å². The number of carbonyl (C=O) groups is 2. The van der Waals surface area contributed by atoms with E-state index in [0.717, 1.165) is 9.11 Å². The lowest BCUT2D eigenvalue weighted by Crippen LogP contribution is -2.51. The third kappa shape index (κ3) is 5.04. The first-order valence-corrected chi connectivity index (χ1v) is 9.17. The maximum Gasteiger partial charge on any atom is 0.471 e. The molecule has 0 radical (unpaired) electrons. The Morgan fingerprint density at radius 3 is 2.54 bits per heavy atom. The summed E-state index contributed by atoms with van der Waals surface area (Å²) in [7, 11) is 0. The summed E-state index contributed by atoms with van der Waals surface area (Å²) in [6.07, 6.45) is -5.52. The fourth-order valence-corrected chi connectivity index (χ4v) is 4.39. The zero-order chi connectivity index (χ0) is 17.7. The molecule has 5 nitrogen and oxygen atoms in total. The van der Waals surface area contributed by atoms with E-state index in [1.54, 1.807) is 23.1 Å². The van der Waals surface area contributed by atoms with Gasteiger partial charge in [0.2, 0.25) is 0 Å². The second-order valence-corrected chi connectivity index (χ2v) is 7.62. The Morgan fingerprint density at radius 1 is 1.38 bits per heavy atom. The van der Waals surface area contributed by atoms with Crippen molar-refractivity contribution in [1.29, 1.82) is 0 Å². The predicted molar refractivity (Wildman–Crippen MR) is 85.4 cm³/mol. The first-order valence-electron chi connectivity index (χ1n) is 7.31. The van der Waals surface area contributed by atoms with Crippen LogP contribution in [0.5, 0.6) is 0 Å². The van der Waals surface area contributed by atoms with Crippen LogP contribution >= 0.6 is 23.1 Å². The third-order valence-corrected chi connectivity index (χ3v) is 5.86. The molecule has 0 spiro atoms. The molecule has 1 aliphatic heterocycles. The van der Waals surface area contributed by atoms with E-state index in [0.29, 0.717) is 12.3 Å². The van der Waals surface area contributed by atoms with Crippen molar-refractivity contribution in [2.75, 3.05) is 25.4 Å². The first-order chi connectivity index (χ1) is 11.3. The fourth-order valence-electron chi connectivity index (χ4n) is 2.58. The molecule has 0 bridgehead atoms. The van der Waals surface area contributed by atoms with Crippen LogP contribution in [-0.2, 0) is 4.79 Å². The normalized spacial score (nSPS) is 16.2. The molecule has 0 atom stereocenters. The van der Waals surface area contributed by atoms with Crippen LogP contribution in [0.1, 0.15) is 12.8 Å². The van der Waals surface area contributed by atoms with E-state index >= 15 is 0 Å². The molecule has 1 aromatic rings. The smallest absolute Gasteiger partial charge is 0.465 e. The van der Waals surface area contributed by atoms with Crippen molar-refractivity contribution in [3.05, 3.63) is 17.5 Å². The lowest BCUT2D eigenvalue weighted by atomic mass is 10.0. The largest absolute Gasteiger partial charge is 0.471 e. The Labute approximate surface area is 145 Å². The zero-order valence-corrected chi connectivity index (χ0v) is 14.3. The standard InChI is InChI=1S/C14H17F3N2O3S2/c15-14(16,17)12(20)18-5-3-10(4-6-18)19(13(21)22)7-9-24-11-2-1-8-23-11/h1-2,8,10H,3-7,9H2,(H,21,22). The second kappa shape index (κ2) is 8.11. The Kier molecular flexibility index (Phi) is 6.39. The van der Waals surface area contributed by atoms with Gasteiger partial charge in [-0.2, -0.15) is 13.2 Å². The summed E-state index contributed by atoms with van der Waals surface area (Å²) < 4.78 is 38.4. The minimum atomic E-state index is -4.88. The second-order valence-electron chi connectivity index (χ2n) is 5.28. The molecule has 0 unspecified atom stereocenters. The molecule has 134 valence electrons. The number of alkyl halides is 3. The predicted octanol–water partition coefficient (Wildman–Crippen LogP) is 3.37. The summed E-state index contributed by atoms with van der Waals surface area (Å²) in [5.74, 6) is -1.27. The van der Waals surface area contributed by atoms with E-state index in [2.05, 4.69) is 0 Å². The number of thiophene rings is 1. The molecular formula is C14H17F3N2O3S2. The van der Waals surface area contributed by atoms with E-state index in [-0.39, 0.29) is 32.0 Å². The van der Waals surface area contributed by atoms with Crippen LogP contribution in [0, 0.1) is 0 Å². The van der Waals surface area contributed by atoms with Gasteiger partial charge in [0.05, 0.1) is 4.21 Å². The average Bonchev–Trinajstić information content (AvgIpc) is 3.03. The van der Waals surface area contributed by atoms with Gasteiger partial charge in [-0.3, -0.25) is 4.79 Å². The van der Waals surface area contributed by atoms with Gasteiger partial charge in [-0.05, 0) is 24.3 Å². The van der Waals surface area contributed by atoms with Gasteiger partial charge in [0.15, 0.2) is 0 Å². The molecule has 1 saturated heterocycles. The maximum absolute atomic E-state index is 12.4. The molecule has 0 aliphatic carbocycles. The van der Waals surface area contributed by atoms with Gasteiger partial charge in [-0.1, -0.05) is 6.07 Å². The van der Waals surface area contributed by atoms with E-state index in [1.165, 1.54) is 4.90 Å². The summed E-state index contributed by atoms with van der Waals surface area (Å²) >= 11 is 3.12. The average molecular weight is 382 g/mol. The Bertz CT molecular complexity index is 558. The lowest BCUT2D eigenvalue weighted by molar-refractivity contribution is -0.186. The minimum absolute atomic E-state index is 0.0785. The number of halogens is 3. The molecule has 1 fully saturated rings. The number of amides is 2. The van der Waals surface area contributed by atoms with E-state index in [1.807, 2.05) is 17.5 Å². The molecule has 2 rings (SSSR count). The van der Waals surface area contributed by atoms with Gasteiger partial charge in [-0.25, -0.2) is 4.79 Å². The van der Waals surface area contributed by atoms with Gasteiger partial charge >= 0.3 is 18.2 Å².